The van der Waals surface area contributed by atoms with E-state index < -0.39 is 0 Å². The van der Waals surface area contributed by atoms with Crippen LogP contribution in [0.2, 0.25) is 0 Å². The number of hydrogen-bond acceptors (Lipinski definition) is 5. The number of hydrogen-bond donors (Lipinski definition) is 1. The molecule has 1 amide bonds. The molecule has 124 valence electrons. The molecule has 0 saturated heterocycles. The smallest absolute Gasteiger partial charge is 0.224 e. The van der Waals surface area contributed by atoms with Gasteiger partial charge < -0.3 is 14.4 Å². The van der Waals surface area contributed by atoms with Gasteiger partial charge in [0.25, 0.3) is 0 Å². The predicted octanol–water partition coefficient (Wildman–Crippen LogP) is 3.11. The molecular weight excluding hydrogens is 306 g/mol. The minimum atomic E-state index is -0.107. The van der Waals surface area contributed by atoms with E-state index in [2.05, 4.69) is 15.6 Å². The standard InChI is InChI=1S/C18H19N3O3/c1-11-4-6-14(7-5-11)17-8-15(21-24-17)10-19-18(22)9-16-12(2)20-23-13(16)3/h4-8H,9-10H2,1-3H3,(H,19,22). The summed E-state index contributed by atoms with van der Waals surface area (Å²) in [5, 5.41) is 10.7. The van der Waals surface area contributed by atoms with Crippen LogP contribution in [0.1, 0.15) is 28.3 Å². The highest BCUT2D eigenvalue weighted by molar-refractivity contribution is 5.79. The monoisotopic (exact) mass is 325 g/mol. The molecule has 0 bridgehead atoms. The maximum atomic E-state index is 12.1. The average Bonchev–Trinajstić information content (AvgIpc) is 3.16. The fourth-order valence-corrected chi connectivity index (χ4v) is 2.42. The van der Waals surface area contributed by atoms with Gasteiger partial charge in [0.1, 0.15) is 11.5 Å². The number of aryl methyl sites for hydroxylation is 3. The van der Waals surface area contributed by atoms with Crippen LogP contribution in [0.3, 0.4) is 0 Å². The molecular formula is C18H19N3O3. The quantitative estimate of drug-likeness (QED) is 0.779. The van der Waals surface area contributed by atoms with E-state index in [1.165, 1.54) is 5.56 Å². The predicted molar refractivity (Wildman–Crippen MR) is 88.2 cm³/mol. The van der Waals surface area contributed by atoms with Gasteiger partial charge in [0.2, 0.25) is 5.91 Å². The fraction of sp³-hybridized carbons (Fsp3) is 0.278. The van der Waals surface area contributed by atoms with Gasteiger partial charge in [0, 0.05) is 17.2 Å². The van der Waals surface area contributed by atoms with E-state index in [9.17, 15) is 4.79 Å². The Hall–Kier alpha value is -2.89. The summed E-state index contributed by atoms with van der Waals surface area (Å²) in [6, 6.07) is 9.83. The molecule has 2 aromatic heterocycles. The molecule has 0 saturated carbocycles. The van der Waals surface area contributed by atoms with Gasteiger partial charge in [-0.25, -0.2) is 0 Å². The number of benzene rings is 1. The van der Waals surface area contributed by atoms with Crippen LogP contribution in [-0.2, 0) is 17.8 Å². The molecule has 0 unspecified atom stereocenters. The fourth-order valence-electron chi connectivity index (χ4n) is 2.42. The zero-order valence-electron chi connectivity index (χ0n) is 13.9. The first-order valence-electron chi connectivity index (χ1n) is 7.74. The molecule has 6 nitrogen and oxygen atoms in total. The summed E-state index contributed by atoms with van der Waals surface area (Å²) in [7, 11) is 0. The molecule has 0 spiro atoms. The summed E-state index contributed by atoms with van der Waals surface area (Å²) < 4.78 is 10.4. The van der Waals surface area contributed by atoms with Gasteiger partial charge in [-0.15, -0.1) is 0 Å². The van der Waals surface area contributed by atoms with Crippen molar-refractivity contribution in [3.05, 3.63) is 58.6 Å². The molecule has 0 aliphatic carbocycles. The van der Waals surface area contributed by atoms with E-state index in [1.54, 1.807) is 6.92 Å². The van der Waals surface area contributed by atoms with Crippen molar-refractivity contribution >= 4 is 5.91 Å². The summed E-state index contributed by atoms with van der Waals surface area (Å²) in [4.78, 5) is 12.1. The van der Waals surface area contributed by atoms with Gasteiger partial charge in [-0.05, 0) is 20.8 Å². The van der Waals surface area contributed by atoms with Crippen LogP contribution in [0.15, 0.2) is 39.4 Å². The Morgan fingerprint density at radius 1 is 1.08 bits per heavy atom. The second kappa shape index (κ2) is 6.70. The number of carbonyl (C=O) groups is 1. The Bertz CT molecular complexity index is 827. The Morgan fingerprint density at radius 2 is 1.83 bits per heavy atom. The third kappa shape index (κ3) is 3.53. The van der Waals surface area contributed by atoms with E-state index in [1.807, 2.05) is 44.2 Å². The van der Waals surface area contributed by atoms with Gasteiger partial charge >= 0.3 is 0 Å². The van der Waals surface area contributed by atoms with Gasteiger partial charge in [0.05, 0.1) is 18.7 Å². The van der Waals surface area contributed by atoms with Gasteiger partial charge in [-0.1, -0.05) is 40.1 Å². The van der Waals surface area contributed by atoms with Crippen LogP contribution >= 0.6 is 0 Å². The van der Waals surface area contributed by atoms with E-state index in [-0.39, 0.29) is 12.3 Å². The third-order valence-corrected chi connectivity index (χ3v) is 3.88. The van der Waals surface area contributed by atoms with E-state index in [0.29, 0.717) is 23.8 Å². The molecule has 0 fully saturated rings. The Labute approximate surface area is 139 Å². The topological polar surface area (TPSA) is 81.2 Å². The van der Waals surface area contributed by atoms with Gasteiger partial charge in [0.15, 0.2) is 5.76 Å². The number of nitrogens with one attached hydrogen (secondary N) is 1. The van der Waals surface area contributed by atoms with Crippen molar-refractivity contribution in [2.45, 2.75) is 33.7 Å². The molecule has 2 heterocycles. The third-order valence-electron chi connectivity index (χ3n) is 3.88. The van der Waals surface area contributed by atoms with Crippen molar-refractivity contribution in [3.63, 3.8) is 0 Å². The average molecular weight is 325 g/mol. The molecule has 1 aromatic carbocycles. The van der Waals surface area contributed by atoms with Crippen molar-refractivity contribution in [2.24, 2.45) is 0 Å². The molecule has 0 aliphatic heterocycles. The van der Waals surface area contributed by atoms with Crippen LogP contribution in [0.25, 0.3) is 11.3 Å². The maximum absolute atomic E-state index is 12.1. The number of carbonyl (C=O) groups excluding carboxylic acids is 1. The summed E-state index contributed by atoms with van der Waals surface area (Å²) in [5.41, 5.74) is 4.39. The van der Waals surface area contributed by atoms with Crippen molar-refractivity contribution in [2.75, 3.05) is 0 Å². The first-order chi connectivity index (χ1) is 11.5. The van der Waals surface area contributed by atoms with Crippen molar-refractivity contribution in [1.29, 1.82) is 0 Å². The molecule has 0 radical (unpaired) electrons. The highest BCUT2D eigenvalue weighted by Gasteiger charge is 2.14. The zero-order chi connectivity index (χ0) is 17.1. The van der Waals surface area contributed by atoms with Gasteiger partial charge in [-0.3, -0.25) is 4.79 Å². The summed E-state index contributed by atoms with van der Waals surface area (Å²) >= 11 is 0. The number of amides is 1. The summed E-state index contributed by atoms with van der Waals surface area (Å²) in [6.45, 7) is 5.97. The summed E-state index contributed by atoms with van der Waals surface area (Å²) in [6.07, 6.45) is 0.240. The Morgan fingerprint density at radius 3 is 2.50 bits per heavy atom. The molecule has 0 atom stereocenters. The van der Waals surface area contributed by atoms with Gasteiger partial charge in [-0.2, -0.15) is 0 Å². The van der Waals surface area contributed by atoms with Crippen LogP contribution in [0.4, 0.5) is 0 Å². The molecule has 6 heteroatoms. The highest BCUT2D eigenvalue weighted by Crippen LogP contribution is 2.20. The first-order valence-corrected chi connectivity index (χ1v) is 7.74. The number of nitrogens with zero attached hydrogens (tertiary/aromatic N) is 2. The summed E-state index contributed by atoms with van der Waals surface area (Å²) in [5.74, 6) is 1.25. The maximum Gasteiger partial charge on any atom is 0.224 e. The van der Waals surface area contributed by atoms with E-state index in [0.717, 1.165) is 16.8 Å². The van der Waals surface area contributed by atoms with Crippen molar-refractivity contribution < 1.29 is 13.8 Å². The second-order valence-corrected chi connectivity index (χ2v) is 5.80. The molecule has 24 heavy (non-hydrogen) atoms. The normalized spacial score (nSPS) is 10.8. The van der Waals surface area contributed by atoms with Crippen LogP contribution in [-0.4, -0.2) is 16.2 Å². The lowest BCUT2D eigenvalue weighted by Crippen LogP contribution is -2.25. The van der Waals surface area contributed by atoms with Crippen LogP contribution in [0, 0.1) is 20.8 Å². The van der Waals surface area contributed by atoms with Crippen LogP contribution < -0.4 is 5.32 Å². The van der Waals surface area contributed by atoms with Crippen molar-refractivity contribution in [3.8, 4) is 11.3 Å². The lowest BCUT2D eigenvalue weighted by molar-refractivity contribution is -0.120. The van der Waals surface area contributed by atoms with E-state index in [4.69, 9.17) is 9.05 Å². The minimum Gasteiger partial charge on any atom is -0.361 e. The molecule has 3 aromatic rings. The molecule has 0 aliphatic rings. The lowest BCUT2D eigenvalue weighted by Gasteiger charge is -2.02. The largest absolute Gasteiger partial charge is 0.361 e. The highest BCUT2D eigenvalue weighted by atomic mass is 16.5. The number of rotatable bonds is 5. The molecule has 1 N–H and O–H groups in total. The molecule has 3 rings (SSSR count). The SMILES string of the molecule is Cc1ccc(-c2cc(CNC(=O)Cc3c(C)noc3C)no2)cc1. The Balaban J connectivity index is 1.59. The number of aromatic nitrogens is 2. The van der Waals surface area contributed by atoms with Crippen LogP contribution in [0.5, 0.6) is 0 Å². The lowest BCUT2D eigenvalue weighted by atomic mass is 10.1. The van der Waals surface area contributed by atoms with Crippen molar-refractivity contribution in [1.82, 2.24) is 15.6 Å². The second-order valence-electron chi connectivity index (χ2n) is 5.80. The minimum absolute atomic E-state index is 0.107. The first kappa shape index (κ1) is 16.0. The Kier molecular flexibility index (Phi) is 4.46. The van der Waals surface area contributed by atoms with E-state index >= 15 is 0 Å². The zero-order valence-corrected chi connectivity index (χ0v) is 13.9.